The molecule has 0 bridgehead atoms. The molecule has 0 saturated carbocycles. The van der Waals surface area contributed by atoms with Gasteiger partial charge in [0.25, 0.3) is 0 Å². The fraction of sp³-hybridized carbons (Fsp3) is 0.286. The Balaban J connectivity index is 0.000000318. The van der Waals surface area contributed by atoms with E-state index in [0.717, 1.165) is 0 Å². The van der Waals surface area contributed by atoms with Crippen LogP contribution in [0.5, 0.6) is 0 Å². The molecule has 0 radical (unpaired) electrons. The Bertz CT molecular complexity index is 348. The molecular formula is C14H20FeSi-6. The summed E-state index contributed by atoms with van der Waals surface area (Å²) in [5.74, 6) is 0. The van der Waals surface area contributed by atoms with Crippen LogP contribution in [0.15, 0.2) is 48.5 Å². The molecule has 0 N–H and O–H groups in total. The average Bonchev–Trinajstić information content (AvgIpc) is 2.72. The van der Waals surface area contributed by atoms with Crippen LogP contribution >= 0.6 is 0 Å². The van der Waals surface area contributed by atoms with E-state index in [0.29, 0.717) is 0 Å². The maximum absolute atomic E-state index is 2.38. The van der Waals surface area contributed by atoms with E-state index < -0.39 is 8.07 Å². The molecule has 2 aromatic rings. The molecule has 0 aliphatic carbocycles. The van der Waals surface area contributed by atoms with Crippen molar-refractivity contribution < 1.29 is 17.1 Å². The molecule has 0 heterocycles. The smallest absolute Gasteiger partial charge is 0.0507 e. The Hall–Kier alpha value is -0.564. The Morgan fingerprint density at radius 1 is 1.00 bits per heavy atom. The van der Waals surface area contributed by atoms with Crippen molar-refractivity contribution in [2.75, 3.05) is 0 Å². The van der Waals surface area contributed by atoms with Crippen LogP contribution in [0.25, 0.3) is 0 Å². The molecule has 2 aromatic carbocycles. The van der Waals surface area contributed by atoms with Crippen molar-refractivity contribution in [1.82, 2.24) is 0 Å². The molecular weight excluding hydrogens is 252 g/mol. The summed E-state index contributed by atoms with van der Waals surface area (Å²) in [6.07, 6.45) is 0. The second-order valence-corrected chi connectivity index (χ2v) is 9.87. The van der Waals surface area contributed by atoms with Crippen molar-refractivity contribution in [3.8, 4) is 0 Å². The SMILES string of the molecule is C[c-]1cccc1[Si](C)(C)C.[Fe].[cH-]1[cH-][cH-][cH-][cH-]1. The number of hydrogen-bond donors (Lipinski definition) is 0. The summed E-state index contributed by atoms with van der Waals surface area (Å²) in [6.45, 7) is 9.35. The van der Waals surface area contributed by atoms with Crippen molar-refractivity contribution in [2.45, 2.75) is 26.6 Å². The minimum absolute atomic E-state index is 0. The molecule has 0 nitrogen and oxygen atoms in total. The molecule has 0 aliphatic rings. The molecule has 0 fully saturated rings. The van der Waals surface area contributed by atoms with Gasteiger partial charge in [-0.2, -0.15) is 16.8 Å². The van der Waals surface area contributed by atoms with Crippen LogP contribution in [0, 0.1) is 6.92 Å². The van der Waals surface area contributed by atoms with Gasteiger partial charge >= 0.3 is 0 Å². The van der Waals surface area contributed by atoms with E-state index in [2.05, 4.69) is 44.8 Å². The van der Waals surface area contributed by atoms with Crippen molar-refractivity contribution in [1.29, 1.82) is 0 Å². The summed E-state index contributed by atoms with van der Waals surface area (Å²) >= 11 is 0. The van der Waals surface area contributed by atoms with Gasteiger partial charge in [-0.3, -0.25) is 0 Å². The van der Waals surface area contributed by atoms with E-state index >= 15 is 0 Å². The Morgan fingerprint density at radius 3 is 1.62 bits per heavy atom. The quantitative estimate of drug-likeness (QED) is 0.549. The third-order valence-corrected chi connectivity index (χ3v) is 4.57. The van der Waals surface area contributed by atoms with Crippen molar-refractivity contribution in [3.05, 3.63) is 54.1 Å². The van der Waals surface area contributed by atoms with Gasteiger partial charge in [0.15, 0.2) is 0 Å². The van der Waals surface area contributed by atoms with Gasteiger partial charge in [-0.05, 0) is 0 Å². The summed E-state index contributed by atoms with van der Waals surface area (Å²) in [5, 5.41) is 1.60. The van der Waals surface area contributed by atoms with Crippen LogP contribution in [-0.2, 0) is 17.1 Å². The van der Waals surface area contributed by atoms with Crippen LogP contribution in [0.4, 0.5) is 0 Å². The minimum Gasteiger partial charge on any atom is -0.748 e. The standard InChI is InChI=1S/C9H15Si.C5H5.Fe/c1-8-6-5-7-9(8)10(2,3)4;1-2-4-5-3-1;/h5-7H,1-4H3;1-5H;/q-1;-5;. The molecule has 94 valence electrons. The minimum atomic E-state index is -1.03. The van der Waals surface area contributed by atoms with Gasteiger partial charge in [0.1, 0.15) is 0 Å². The van der Waals surface area contributed by atoms with E-state index in [1.807, 2.05) is 30.3 Å². The third-order valence-electron chi connectivity index (χ3n) is 2.40. The van der Waals surface area contributed by atoms with Crippen LogP contribution in [0.1, 0.15) is 5.56 Å². The first kappa shape index (κ1) is 15.4. The second-order valence-electron chi connectivity index (χ2n) is 4.83. The number of aryl methyl sites for hydroxylation is 1. The Labute approximate surface area is 111 Å². The molecule has 2 heteroatoms. The third kappa shape index (κ3) is 4.98. The fourth-order valence-corrected chi connectivity index (χ4v) is 3.53. The molecule has 0 unspecified atom stereocenters. The van der Waals surface area contributed by atoms with Gasteiger partial charge in [0.2, 0.25) is 0 Å². The Morgan fingerprint density at radius 2 is 1.44 bits per heavy atom. The number of hydrogen-bond acceptors (Lipinski definition) is 0. The zero-order chi connectivity index (χ0) is 11.3. The van der Waals surface area contributed by atoms with E-state index in [9.17, 15) is 0 Å². The van der Waals surface area contributed by atoms with Gasteiger partial charge < -0.3 is 30.3 Å². The van der Waals surface area contributed by atoms with Gasteiger partial charge in [0.05, 0.1) is 8.07 Å². The molecule has 0 saturated heterocycles. The maximum Gasteiger partial charge on any atom is 0.0507 e. The van der Waals surface area contributed by atoms with Crippen LogP contribution in [0.3, 0.4) is 0 Å². The first-order chi connectivity index (χ1) is 7.02. The van der Waals surface area contributed by atoms with Gasteiger partial charge in [0, 0.05) is 17.1 Å². The van der Waals surface area contributed by atoms with Crippen LogP contribution in [-0.4, -0.2) is 8.07 Å². The van der Waals surface area contributed by atoms with Crippen molar-refractivity contribution >= 4 is 13.3 Å². The molecule has 0 spiro atoms. The van der Waals surface area contributed by atoms with Gasteiger partial charge in [-0.25, -0.2) is 12.1 Å². The average molecular weight is 272 g/mol. The molecule has 0 atom stereocenters. The summed E-state index contributed by atoms with van der Waals surface area (Å²) in [4.78, 5) is 0. The van der Waals surface area contributed by atoms with E-state index in [4.69, 9.17) is 0 Å². The molecule has 0 aliphatic heterocycles. The predicted octanol–water partition coefficient (Wildman–Crippen LogP) is 3.66. The summed E-state index contributed by atoms with van der Waals surface area (Å²) in [7, 11) is -1.03. The Kier molecular flexibility index (Phi) is 6.66. The zero-order valence-corrected chi connectivity index (χ0v) is 12.6. The molecule has 2 rings (SSSR count). The second kappa shape index (κ2) is 6.90. The predicted molar refractivity (Wildman–Crippen MR) is 71.8 cm³/mol. The summed E-state index contributed by atoms with van der Waals surface area (Å²) in [6, 6.07) is 16.6. The van der Waals surface area contributed by atoms with Crippen molar-refractivity contribution in [3.63, 3.8) is 0 Å². The van der Waals surface area contributed by atoms with Crippen LogP contribution < -0.4 is 5.19 Å². The summed E-state index contributed by atoms with van der Waals surface area (Å²) < 4.78 is 0. The van der Waals surface area contributed by atoms with E-state index in [1.165, 1.54) is 5.56 Å². The van der Waals surface area contributed by atoms with E-state index in [1.54, 1.807) is 5.19 Å². The fourth-order valence-electron chi connectivity index (χ4n) is 1.67. The molecule has 16 heavy (non-hydrogen) atoms. The normalized spacial score (nSPS) is 10.0. The largest absolute Gasteiger partial charge is 0.748 e. The van der Waals surface area contributed by atoms with Crippen molar-refractivity contribution in [2.24, 2.45) is 0 Å². The zero-order valence-electron chi connectivity index (χ0n) is 10.5. The molecule has 0 aromatic heterocycles. The van der Waals surface area contributed by atoms with E-state index in [-0.39, 0.29) is 17.1 Å². The number of rotatable bonds is 1. The van der Waals surface area contributed by atoms with Crippen LogP contribution in [0.2, 0.25) is 19.6 Å². The molecule has 0 amide bonds. The van der Waals surface area contributed by atoms with Gasteiger partial charge in [-0.1, -0.05) is 26.6 Å². The summed E-state index contributed by atoms with van der Waals surface area (Å²) in [5.41, 5.74) is 1.47. The first-order valence-corrected chi connectivity index (χ1v) is 8.91. The first-order valence-electron chi connectivity index (χ1n) is 5.41. The maximum atomic E-state index is 2.38. The monoisotopic (exact) mass is 272 g/mol. The topological polar surface area (TPSA) is 0 Å². The van der Waals surface area contributed by atoms with Gasteiger partial charge in [-0.15, -0.1) is 0 Å².